The fraction of sp³-hybridized carbons (Fsp3) is 0.875. The van der Waals surface area contributed by atoms with Gasteiger partial charge in [-0.15, -0.1) is 0 Å². The lowest BCUT2D eigenvalue weighted by Gasteiger charge is -2.56. The normalized spacial score (nSPS) is 40.2. The summed E-state index contributed by atoms with van der Waals surface area (Å²) in [7, 11) is 0. The first-order valence-electron chi connectivity index (χ1n) is 8.34. The highest BCUT2D eigenvalue weighted by atomic mass is 15.3. The van der Waals surface area contributed by atoms with Crippen LogP contribution in [-0.2, 0) is 6.42 Å². The van der Waals surface area contributed by atoms with Crippen LogP contribution in [0.25, 0.3) is 0 Å². The van der Waals surface area contributed by atoms with Crippen molar-refractivity contribution < 1.29 is 0 Å². The Morgan fingerprint density at radius 1 is 1.20 bits per heavy atom. The summed E-state index contributed by atoms with van der Waals surface area (Å²) in [4.78, 5) is 4.41. The smallest absolute Gasteiger partial charge is 0.151 e. The fourth-order valence-corrected chi connectivity index (χ4v) is 5.68. The van der Waals surface area contributed by atoms with Gasteiger partial charge in [-0.05, 0) is 75.2 Å². The van der Waals surface area contributed by atoms with Crippen molar-refractivity contribution in [2.24, 2.45) is 35.3 Å². The number of aromatic nitrogens is 3. The van der Waals surface area contributed by atoms with Crippen LogP contribution in [0.3, 0.4) is 0 Å². The Balaban J connectivity index is 1.54. The Hall–Kier alpha value is -0.900. The van der Waals surface area contributed by atoms with Crippen molar-refractivity contribution in [2.45, 2.75) is 51.5 Å². The Morgan fingerprint density at radius 2 is 1.85 bits per heavy atom. The molecule has 1 atom stereocenters. The molecule has 20 heavy (non-hydrogen) atoms. The van der Waals surface area contributed by atoms with Crippen molar-refractivity contribution in [1.82, 2.24) is 14.8 Å². The van der Waals surface area contributed by atoms with Crippen molar-refractivity contribution in [3.05, 3.63) is 12.2 Å². The molecule has 2 N–H and O–H groups in total. The van der Waals surface area contributed by atoms with Crippen LogP contribution in [0.15, 0.2) is 6.33 Å². The second-order valence-electron chi connectivity index (χ2n) is 7.43. The molecule has 4 nitrogen and oxygen atoms in total. The predicted molar refractivity (Wildman–Crippen MR) is 78.0 cm³/mol. The highest BCUT2D eigenvalue weighted by molar-refractivity contribution is 5.00. The molecule has 5 rings (SSSR count). The zero-order valence-electron chi connectivity index (χ0n) is 12.4. The van der Waals surface area contributed by atoms with E-state index in [0.717, 1.165) is 41.8 Å². The Bertz CT molecular complexity index is 453. The number of hydrogen-bond donors (Lipinski definition) is 1. The molecule has 0 aromatic carbocycles. The highest BCUT2D eigenvalue weighted by Gasteiger charge is 2.50. The first-order chi connectivity index (χ1) is 9.74. The van der Waals surface area contributed by atoms with Gasteiger partial charge in [-0.25, -0.2) is 9.67 Å². The Kier molecular flexibility index (Phi) is 3.09. The van der Waals surface area contributed by atoms with E-state index in [1.165, 1.54) is 32.1 Å². The molecule has 1 unspecified atom stereocenters. The van der Waals surface area contributed by atoms with Gasteiger partial charge < -0.3 is 5.73 Å². The molecule has 0 radical (unpaired) electrons. The standard InChI is InChI=1S/C16H26N4/c1-10(20-9-18-15(19-20)2-3-17)16-13-5-11-4-12(7-13)8-14(16)6-11/h9-14,16H,2-8,17H2,1H3. The third-order valence-electron chi connectivity index (χ3n) is 6.20. The van der Waals surface area contributed by atoms with Gasteiger partial charge in [0.25, 0.3) is 0 Å². The van der Waals surface area contributed by atoms with E-state index in [2.05, 4.69) is 21.7 Å². The molecular formula is C16H26N4. The lowest BCUT2D eigenvalue weighted by atomic mass is 9.50. The van der Waals surface area contributed by atoms with E-state index in [9.17, 15) is 0 Å². The van der Waals surface area contributed by atoms with Gasteiger partial charge in [-0.3, -0.25) is 0 Å². The average molecular weight is 274 g/mol. The van der Waals surface area contributed by atoms with Crippen LogP contribution in [0.4, 0.5) is 0 Å². The minimum Gasteiger partial charge on any atom is -0.330 e. The summed E-state index contributed by atoms with van der Waals surface area (Å²) in [6, 6.07) is 0.504. The lowest BCUT2D eigenvalue weighted by molar-refractivity contribution is -0.0572. The van der Waals surface area contributed by atoms with Crippen molar-refractivity contribution in [2.75, 3.05) is 6.54 Å². The van der Waals surface area contributed by atoms with E-state index in [-0.39, 0.29) is 0 Å². The monoisotopic (exact) mass is 274 g/mol. The van der Waals surface area contributed by atoms with Crippen LogP contribution in [0.1, 0.15) is 50.9 Å². The molecule has 4 saturated carbocycles. The topological polar surface area (TPSA) is 56.7 Å². The first-order valence-corrected chi connectivity index (χ1v) is 8.34. The first kappa shape index (κ1) is 12.8. The van der Waals surface area contributed by atoms with E-state index in [4.69, 9.17) is 5.73 Å². The van der Waals surface area contributed by atoms with Crippen LogP contribution in [0.2, 0.25) is 0 Å². The van der Waals surface area contributed by atoms with E-state index in [1.807, 2.05) is 6.33 Å². The molecule has 1 aromatic heterocycles. The highest BCUT2D eigenvalue weighted by Crippen LogP contribution is 2.58. The molecule has 1 heterocycles. The molecule has 4 aliphatic carbocycles. The molecule has 4 fully saturated rings. The number of nitrogens with two attached hydrogens (primary N) is 1. The van der Waals surface area contributed by atoms with E-state index in [1.54, 1.807) is 0 Å². The third-order valence-corrected chi connectivity index (χ3v) is 6.20. The van der Waals surface area contributed by atoms with E-state index >= 15 is 0 Å². The Labute approximate surface area is 121 Å². The minimum atomic E-state index is 0.504. The molecule has 0 saturated heterocycles. The molecule has 0 spiro atoms. The van der Waals surface area contributed by atoms with Crippen LogP contribution < -0.4 is 5.73 Å². The maximum Gasteiger partial charge on any atom is 0.151 e. The van der Waals surface area contributed by atoms with Crippen molar-refractivity contribution in [3.8, 4) is 0 Å². The van der Waals surface area contributed by atoms with Gasteiger partial charge in [0.2, 0.25) is 0 Å². The van der Waals surface area contributed by atoms with Gasteiger partial charge in [0.15, 0.2) is 5.82 Å². The quantitative estimate of drug-likeness (QED) is 0.917. The maximum absolute atomic E-state index is 5.59. The van der Waals surface area contributed by atoms with Gasteiger partial charge in [0.1, 0.15) is 6.33 Å². The zero-order valence-corrected chi connectivity index (χ0v) is 12.4. The van der Waals surface area contributed by atoms with Crippen LogP contribution in [-0.4, -0.2) is 21.3 Å². The average Bonchev–Trinajstić information content (AvgIpc) is 2.86. The summed E-state index contributed by atoms with van der Waals surface area (Å²) in [5.41, 5.74) is 5.59. The molecule has 110 valence electrons. The molecular weight excluding hydrogens is 248 g/mol. The van der Waals surface area contributed by atoms with Crippen molar-refractivity contribution >= 4 is 0 Å². The van der Waals surface area contributed by atoms with Crippen LogP contribution in [0, 0.1) is 29.6 Å². The second-order valence-corrected chi connectivity index (χ2v) is 7.43. The van der Waals surface area contributed by atoms with E-state index < -0.39 is 0 Å². The van der Waals surface area contributed by atoms with Gasteiger partial charge in [-0.1, -0.05) is 0 Å². The summed E-state index contributed by atoms with van der Waals surface area (Å²) < 4.78 is 2.12. The number of rotatable bonds is 4. The molecule has 0 aliphatic heterocycles. The van der Waals surface area contributed by atoms with Gasteiger partial charge in [0, 0.05) is 6.42 Å². The molecule has 4 bridgehead atoms. The molecule has 0 amide bonds. The molecule has 4 aliphatic rings. The van der Waals surface area contributed by atoms with Gasteiger partial charge in [-0.2, -0.15) is 5.10 Å². The molecule has 1 aromatic rings. The third kappa shape index (κ3) is 2.00. The number of hydrogen-bond acceptors (Lipinski definition) is 3. The van der Waals surface area contributed by atoms with Gasteiger partial charge >= 0.3 is 0 Å². The summed E-state index contributed by atoms with van der Waals surface area (Å²) in [6.45, 7) is 2.99. The summed E-state index contributed by atoms with van der Waals surface area (Å²) in [5, 5.41) is 4.66. The summed E-state index contributed by atoms with van der Waals surface area (Å²) in [5.74, 6) is 5.72. The van der Waals surface area contributed by atoms with Gasteiger partial charge in [0.05, 0.1) is 6.04 Å². The SMILES string of the molecule is CC(C1C2CC3CC(C2)CC1C3)n1cnc(CCN)n1. The van der Waals surface area contributed by atoms with Crippen LogP contribution in [0.5, 0.6) is 0 Å². The lowest BCUT2D eigenvalue weighted by Crippen LogP contribution is -2.47. The zero-order chi connectivity index (χ0) is 13.7. The summed E-state index contributed by atoms with van der Waals surface area (Å²) in [6.07, 6.45) is 10.2. The predicted octanol–water partition coefficient (Wildman–Crippen LogP) is 2.41. The Morgan fingerprint density at radius 3 is 2.45 bits per heavy atom. The second kappa shape index (κ2) is 4.83. The number of nitrogens with zero attached hydrogens (tertiary/aromatic N) is 3. The molecule has 4 heteroatoms. The van der Waals surface area contributed by atoms with E-state index in [0.29, 0.717) is 12.6 Å². The van der Waals surface area contributed by atoms with Crippen LogP contribution >= 0.6 is 0 Å². The fourth-order valence-electron chi connectivity index (χ4n) is 5.68. The largest absolute Gasteiger partial charge is 0.330 e. The van der Waals surface area contributed by atoms with Crippen molar-refractivity contribution in [1.29, 1.82) is 0 Å². The summed E-state index contributed by atoms with van der Waals surface area (Å²) >= 11 is 0. The minimum absolute atomic E-state index is 0.504. The van der Waals surface area contributed by atoms with Crippen molar-refractivity contribution in [3.63, 3.8) is 0 Å². The maximum atomic E-state index is 5.59.